The highest BCUT2D eigenvalue weighted by atomic mass is 19.2. The molecule has 0 atom stereocenters. The van der Waals surface area contributed by atoms with Crippen molar-refractivity contribution in [3.63, 3.8) is 0 Å². The molecule has 0 bridgehead atoms. The van der Waals surface area contributed by atoms with Gasteiger partial charge in [0.05, 0.1) is 5.69 Å². The van der Waals surface area contributed by atoms with Crippen molar-refractivity contribution in [2.24, 2.45) is 0 Å². The van der Waals surface area contributed by atoms with Crippen LogP contribution in [0, 0.1) is 17.5 Å². The van der Waals surface area contributed by atoms with E-state index in [-0.39, 0.29) is 23.2 Å². The number of benzene rings is 1. The van der Waals surface area contributed by atoms with Gasteiger partial charge in [0.15, 0.2) is 17.5 Å². The van der Waals surface area contributed by atoms with E-state index in [0.717, 1.165) is 25.2 Å². The monoisotopic (exact) mass is 351 g/mol. The molecule has 3 rings (SSSR count). The molecule has 0 spiro atoms. The van der Waals surface area contributed by atoms with E-state index in [9.17, 15) is 18.0 Å². The number of likely N-dealkylation sites (N-methyl/N-ethyl adjacent to an activating group) is 1. The van der Waals surface area contributed by atoms with Gasteiger partial charge in [-0.05, 0) is 25.2 Å². The third kappa shape index (κ3) is 3.71. The fourth-order valence-corrected chi connectivity index (χ4v) is 2.45. The number of hydrogen-bond donors (Lipinski definition) is 1. The first-order valence-corrected chi connectivity index (χ1v) is 7.67. The Bertz CT molecular complexity index is 793. The number of piperazine rings is 1. The average molecular weight is 351 g/mol. The highest BCUT2D eigenvalue weighted by Crippen LogP contribution is 2.22. The van der Waals surface area contributed by atoms with Gasteiger partial charge in [0.25, 0.3) is 5.91 Å². The van der Waals surface area contributed by atoms with Gasteiger partial charge in [0, 0.05) is 32.4 Å². The second-order valence-electron chi connectivity index (χ2n) is 5.71. The van der Waals surface area contributed by atoms with E-state index in [4.69, 9.17) is 0 Å². The molecule has 25 heavy (non-hydrogen) atoms. The lowest BCUT2D eigenvalue weighted by molar-refractivity contribution is 0.0658. The topological polar surface area (TPSA) is 61.4 Å². The van der Waals surface area contributed by atoms with Crippen LogP contribution in [0.3, 0.4) is 0 Å². The van der Waals surface area contributed by atoms with E-state index in [0.29, 0.717) is 13.1 Å². The minimum Gasteiger partial charge on any atom is -0.335 e. The number of carbonyl (C=O) groups is 1. The zero-order chi connectivity index (χ0) is 18.0. The third-order valence-corrected chi connectivity index (χ3v) is 3.95. The molecular weight excluding hydrogens is 335 g/mol. The van der Waals surface area contributed by atoms with Crippen LogP contribution in [0.1, 0.15) is 10.5 Å². The van der Waals surface area contributed by atoms with E-state index in [1.165, 1.54) is 12.3 Å². The van der Waals surface area contributed by atoms with E-state index in [2.05, 4.69) is 20.2 Å². The van der Waals surface area contributed by atoms with E-state index in [1.54, 1.807) is 4.90 Å². The van der Waals surface area contributed by atoms with E-state index in [1.807, 2.05) is 7.05 Å². The van der Waals surface area contributed by atoms with Crippen molar-refractivity contribution in [1.29, 1.82) is 0 Å². The van der Waals surface area contributed by atoms with Gasteiger partial charge >= 0.3 is 0 Å². The molecule has 2 aromatic rings. The van der Waals surface area contributed by atoms with Crippen LogP contribution < -0.4 is 5.32 Å². The van der Waals surface area contributed by atoms with Crippen LogP contribution in [-0.4, -0.2) is 58.9 Å². The standard InChI is InChI=1S/C16H16F3N5O/c1-23-6-8-24(9-7-23)15(25)12-4-5-20-16(22-12)21-11-3-2-10(17)13(18)14(11)19/h2-5H,6-9H2,1H3,(H,20,21,22). The number of aromatic nitrogens is 2. The molecule has 1 N–H and O–H groups in total. The zero-order valence-corrected chi connectivity index (χ0v) is 13.5. The predicted octanol–water partition coefficient (Wildman–Crippen LogP) is 2.03. The zero-order valence-electron chi connectivity index (χ0n) is 13.5. The number of hydrogen-bond acceptors (Lipinski definition) is 5. The normalized spacial score (nSPS) is 15.3. The number of halogens is 3. The van der Waals surface area contributed by atoms with Crippen molar-refractivity contribution in [3.05, 3.63) is 47.5 Å². The number of nitrogens with zero attached hydrogens (tertiary/aromatic N) is 4. The van der Waals surface area contributed by atoms with Gasteiger partial charge in [0.2, 0.25) is 5.95 Å². The Morgan fingerprint density at radius 3 is 2.52 bits per heavy atom. The maximum Gasteiger partial charge on any atom is 0.272 e. The van der Waals surface area contributed by atoms with Crippen molar-refractivity contribution < 1.29 is 18.0 Å². The molecule has 1 aromatic heterocycles. The van der Waals surface area contributed by atoms with Gasteiger partial charge < -0.3 is 15.1 Å². The minimum absolute atomic E-state index is 0.0788. The minimum atomic E-state index is -1.59. The molecule has 1 aliphatic rings. The molecule has 0 saturated carbocycles. The molecule has 0 unspecified atom stereocenters. The van der Waals surface area contributed by atoms with Gasteiger partial charge in [-0.25, -0.2) is 23.1 Å². The Labute approximate surface area is 142 Å². The lowest BCUT2D eigenvalue weighted by Gasteiger charge is -2.32. The summed E-state index contributed by atoms with van der Waals surface area (Å²) in [4.78, 5) is 24.2. The van der Waals surface area contributed by atoms with Gasteiger partial charge in [-0.2, -0.15) is 0 Å². The average Bonchev–Trinajstić information content (AvgIpc) is 2.62. The van der Waals surface area contributed by atoms with Crippen molar-refractivity contribution in [2.45, 2.75) is 0 Å². The number of anilines is 2. The van der Waals surface area contributed by atoms with Crippen molar-refractivity contribution in [1.82, 2.24) is 19.8 Å². The summed E-state index contributed by atoms with van der Waals surface area (Å²) in [6.45, 7) is 2.70. The van der Waals surface area contributed by atoms with Crippen molar-refractivity contribution in [2.75, 3.05) is 38.5 Å². The molecule has 132 valence electrons. The smallest absolute Gasteiger partial charge is 0.272 e. The predicted molar refractivity (Wildman–Crippen MR) is 85.0 cm³/mol. The summed E-state index contributed by atoms with van der Waals surface area (Å²) < 4.78 is 40.0. The van der Waals surface area contributed by atoms with Crippen LogP contribution in [0.2, 0.25) is 0 Å². The van der Waals surface area contributed by atoms with Crippen LogP contribution in [-0.2, 0) is 0 Å². The van der Waals surface area contributed by atoms with Gasteiger partial charge in [-0.3, -0.25) is 4.79 Å². The quantitative estimate of drug-likeness (QED) is 0.858. The van der Waals surface area contributed by atoms with Gasteiger partial charge in [0.1, 0.15) is 5.69 Å². The van der Waals surface area contributed by atoms with Crippen molar-refractivity contribution >= 4 is 17.5 Å². The first-order valence-electron chi connectivity index (χ1n) is 7.67. The first-order chi connectivity index (χ1) is 12.0. The summed E-state index contributed by atoms with van der Waals surface area (Å²) in [6.07, 6.45) is 1.34. The molecule has 1 amide bonds. The summed E-state index contributed by atoms with van der Waals surface area (Å²) >= 11 is 0. The molecule has 1 saturated heterocycles. The Hall–Kier alpha value is -2.68. The number of rotatable bonds is 3. The second kappa shape index (κ2) is 7.06. The number of carbonyl (C=O) groups excluding carboxylic acids is 1. The summed E-state index contributed by atoms with van der Waals surface area (Å²) in [5.74, 6) is -4.59. The Morgan fingerprint density at radius 2 is 1.80 bits per heavy atom. The van der Waals surface area contributed by atoms with Crippen LogP contribution >= 0.6 is 0 Å². The number of nitrogens with one attached hydrogen (secondary N) is 1. The van der Waals surface area contributed by atoms with Gasteiger partial charge in [-0.1, -0.05) is 0 Å². The molecule has 1 aromatic carbocycles. The van der Waals surface area contributed by atoms with Crippen LogP contribution in [0.4, 0.5) is 24.8 Å². The molecular formula is C16H16F3N5O. The fourth-order valence-electron chi connectivity index (χ4n) is 2.45. The maximum absolute atomic E-state index is 13.7. The lowest BCUT2D eigenvalue weighted by Crippen LogP contribution is -2.47. The summed E-state index contributed by atoms with van der Waals surface area (Å²) in [7, 11) is 1.98. The SMILES string of the molecule is CN1CCN(C(=O)c2ccnc(Nc3ccc(F)c(F)c3F)n2)CC1. The summed E-state index contributed by atoms with van der Waals surface area (Å²) in [5, 5.41) is 2.46. The maximum atomic E-state index is 13.7. The summed E-state index contributed by atoms with van der Waals surface area (Å²) in [5.41, 5.74) is -0.173. The van der Waals surface area contributed by atoms with Crippen LogP contribution in [0.15, 0.2) is 24.4 Å². The van der Waals surface area contributed by atoms with E-state index < -0.39 is 17.5 Å². The second-order valence-corrected chi connectivity index (χ2v) is 5.71. The Morgan fingerprint density at radius 1 is 1.08 bits per heavy atom. The first kappa shape index (κ1) is 17.2. The lowest BCUT2D eigenvalue weighted by atomic mass is 10.2. The fraction of sp³-hybridized carbons (Fsp3) is 0.312. The molecule has 2 heterocycles. The van der Waals surface area contributed by atoms with Crippen LogP contribution in [0.5, 0.6) is 0 Å². The molecule has 0 radical (unpaired) electrons. The number of amides is 1. The molecule has 6 nitrogen and oxygen atoms in total. The van der Waals surface area contributed by atoms with Crippen molar-refractivity contribution in [3.8, 4) is 0 Å². The molecule has 9 heteroatoms. The molecule has 1 aliphatic heterocycles. The molecule has 1 fully saturated rings. The summed E-state index contributed by atoms with van der Waals surface area (Å²) in [6, 6.07) is 3.28. The molecule has 0 aliphatic carbocycles. The third-order valence-electron chi connectivity index (χ3n) is 3.95. The van der Waals surface area contributed by atoms with Gasteiger partial charge in [-0.15, -0.1) is 0 Å². The Kier molecular flexibility index (Phi) is 4.84. The van der Waals surface area contributed by atoms with Crippen LogP contribution in [0.25, 0.3) is 0 Å². The van der Waals surface area contributed by atoms with E-state index >= 15 is 0 Å². The highest BCUT2D eigenvalue weighted by molar-refractivity contribution is 5.92. The largest absolute Gasteiger partial charge is 0.335 e. The Balaban J connectivity index is 1.78. The highest BCUT2D eigenvalue weighted by Gasteiger charge is 2.22.